The van der Waals surface area contributed by atoms with E-state index in [0.29, 0.717) is 18.6 Å². The van der Waals surface area contributed by atoms with Crippen LogP contribution in [0.25, 0.3) is 10.2 Å². The number of ether oxygens (including phenoxy) is 1. The van der Waals surface area contributed by atoms with E-state index in [9.17, 15) is 0 Å². The molecule has 2 aromatic carbocycles. The van der Waals surface area contributed by atoms with Crippen LogP contribution in [0.3, 0.4) is 0 Å². The molecule has 0 saturated carbocycles. The summed E-state index contributed by atoms with van der Waals surface area (Å²) >= 11 is 1.63. The zero-order valence-corrected chi connectivity index (χ0v) is 21.0. The number of likely N-dealkylation sites (N-methyl/N-ethyl adjacent to an activating group) is 1. The Bertz CT molecular complexity index is 1370. The van der Waals surface area contributed by atoms with Crippen molar-refractivity contribution in [3.63, 3.8) is 0 Å². The minimum atomic E-state index is 0.406. The second-order valence-corrected chi connectivity index (χ2v) is 10.2. The van der Waals surface area contributed by atoms with Crippen LogP contribution in [-0.4, -0.2) is 68.3 Å². The highest BCUT2D eigenvalue weighted by Crippen LogP contribution is 2.38. The number of aromatic nitrogens is 2. The van der Waals surface area contributed by atoms with Gasteiger partial charge in [0.15, 0.2) is 5.82 Å². The van der Waals surface area contributed by atoms with Crippen molar-refractivity contribution in [3.8, 4) is 5.75 Å². The molecular weight excluding hydrogens is 458 g/mol. The number of fused-ring (bicyclic) bond motifs is 4. The van der Waals surface area contributed by atoms with Crippen LogP contribution in [0.4, 0.5) is 34.5 Å². The topological polar surface area (TPSA) is 68.8 Å². The largest absolute Gasteiger partial charge is 0.489 e. The van der Waals surface area contributed by atoms with Gasteiger partial charge in [-0.3, -0.25) is 0 Å². The number of benzene rings is 2. The fourth-order valence-corrected chi connectivity index (χ4v) is 5.61. The van der Waals surface area contributed by atoms with Gasteiger partial charge in [0, 0.05) is 45.5 Å². The first-order valence-corrected chi connectivity index (χ1v) is 12.7. The number of rotatable bonds is 5. The van der Waals surface area contributed by atoms with E-state index in [1.54, 1.807) is 11.3 Å². The minimum absolute atomic E-state index is 0.406. The van der Waals surface area contributed by atoms with E-state index in [1.165, 1.54) is 0 Å². The normalized spacial score (nSPS) is 17.5. The van der Waals surface area contributed by atoms with E-state index < -0.39 is 0 Å². The Hall–Kier alpha value is -3.56. The van der Waals surface area contributed by atoms with E-state index in [2.05, 4.69) is 62.7 Å². The summed E-state index contributed by atoms with van der Waals surface area (Å²) in [4.78, 5) is 16.5. The molecule has 0 aliphatic carbocycles. The lowest BCUT2D eigenvalue weighted by Gasteiger charge is -2.44. The fourth-order valence-electron chi connectivity index (χ4n) is 4.83. The number of piperazine rings is 1. The monoisotopic (exact) mass is 487 g/mol. The molecule has 35 heavy (non-hydrogen) atoms. The van der Waals surface area contributed by atoms with Gasteiger partial charge in [0.1, 0.15) is 12.4 Å². The van der Waals surface area contributed by atoms with Gasteiger partial charge in [0.2, 0.25) is 5.95 Å². The molecule has 0 amide bonds. The number of nitrogens with one attached hydrogen (secondary N) is 2. The number of hydrogen-bond acceptors (Lipinski definition) is 9. The van der Waals surface area contributed by atoms with Crippen molar-refractivity contribution in [2.45, 2.75) is 6.04 Å². The van der Waals surface area contributed by atoms with Crippen LogP contribution in [-0.2, 0) is 0 Å². The van der Waals surface area contributed by atoms with Crippen molar-refractivity contribution in [2.24, 2.45) is 0 Å². The summed E-state index contributed by atoms with van der Waals surface area (Å²) in [5.41, 5.74) is 5.08. The third-order valence-corrected chi connectivity index (χ3v) is 7.50. The molecule has 0 bridgehead atoms. The lowest BCUT2D eigenvalue weighted by molar-refractivity contribution is 0.188. The van der Waals surface area contributed by atoms with Crippen molar-refractivity contribution in [1.82, 2.24) is 14.9 Å². The Balaban J connectivity index is 1.29. The molecule has 2 aliphatic rings. The van der Waals surface area contributed by atoms with Crippen LogP contribution < -0.4 is 25.2 Å². The highest BCUT2D eigenvalue weighted by atomic mass is 32.1. The standard InChI is InChI=1S/C26H29N7OS/c1-31(2)21-7-5-4-6-19(21)28-25-24-20(10-13-35-24)29-26(30-25)27-17-8-9-22-23(14-17)34-16-18-15-32(3)11-12-33(18)22/h4-10,13-14,18H,11-12,15-16H2,1-3H3,(H2,27,28,29,30)/t18-/m1/s1. The van der Waals surface area contributed by atoms with Crippen LogP contribution in [0.1, 0.15) is 0 Å². The van der Waals surface area contributed by atoms with Gasteiger partial charge in [0.25, 0.3) is 0 Å². The minimum Gasteiger partial charge on any atom is -0.489 e. The molecule has 0 spiro atoms. The maximum Gasteiger partial charge on any atom is 0.229 e. The molecule has 180 valence electrons. The molecule has 1 fully saturated rings. The Kier molecular flexibility index (Phi) is 5.58. The van der Waals surface area contributed by atoms with Crippen molar-refractivity contribution < 1.29 is 4.74 Å². The van der Waals surface area contributed by atoms with Gasteiger partial charge in [-0.25, -0.2) is 4.98 Å². The summed E-state index contributed by atoms with van der Waals surface area (Å²) in [6.07, 6.45) is 0. The van der Waals surface area contributed by atoms with E-state index in [4.69, 9.17) is 14.7 Å². The van der Waals surface area contributed by atoms with Crippen molar-refractivity contribution in [3.05, 3.63) is 53.9 Å². The number of hydrogen-bond donors (Lipinski definition) is 2. The highest BCUT2D eigenvalue weighted by Gasteiger charge is 2.31. The number of thiophene rings is 1. The average molecular weight is 488 g/mol. The molecule has 2 aliphatic heterocycles. The van der Waals surface area contributed by atoms with Gasteiger partial charge in [-0.2, -0.15) is 4.98 Å². The van der Waals surface area contributed by atoms with Gasteiger partial charge in [0.05, 0.1) is 33.3 Å². The number of nitrogens with zero attached hydrogens (tertiary/aromatic N) is 5. The van der Waals surface area contributed by atoms with Gasteiger partial charge in [-0.1, -0.05) is 12.1 Å². The van der Waals surface area contributed by atoms with E-state index >= 15 is 0 Å². The average Bonchev–Trinajstić information content (AvgIpc) is 3.33. The van der Waals surface area contributed by atoms with Crippen LogP contribution in [0.2, 0.25) is 0 Å². The Morgan fingerprint density at radius 2 is 1.94 bits per heavy atom. The molecule has 0 radical (unpaired) electrons. The predicted molar refractivity (Wildman–Crippen MR) is 145 cm³/mol. The summed E-state index contributed by atoms with van der Waals surface area (Å²) in [5, 5.41) is 8.99. The van der Waals surface area contributed by atoms with Crippen LogP contribution in [0.15, 0.2) is 53.9 Å². The maximum absolute atomic E-state index is 6.15. The Labute approximate surface area is 209 Å². The molecule has 8 nitrogen and oxygen atoms in total. The highest BCUT2D eigenvalue weighted by molar-refractivity contribution is 7.17. The molecule has 1 atom stereocenters. The first-order valence-electron chi connectivity index (χ1n) is 11.8. The quantitative estimate of drug-likeness (QED) is 0.418. The molecule has 2 N–H and O–H groups in total. The van der Waals surface area contributed by atoms with Crippen LogP contribution in [0.5, 0.6) is 5.75 Å². The molecule has 2 aromatic heterocycles. The van der Waals surface area contributed by atoms with E-state index in [1.807, 2.05) is 37.7 Å². The van der Waals surface area contributed by atoms with Gasteiger partial charge in [-0.15, -0.1) is 11.3 Å². The van der Waals surface area contributed by atoms with Gasteiger partial charge < -0.3 is 30.1 Å². The smallest absolute Gasteiger partial charge is 0.229 e. The molecule has 0 unspecified atom stereocenters. The molecule has 9 heteroatoms. The lowest BCUT2D eigenvalue weighted by atomic mass is 10.1. The summed E-state index contributed by atoms with van der Waals surface area (Å²) in [6, 6.07) is 16.9. The van der Waals surface area contributed by atoms with Crippen LogP contribution in [0, 0.1) is 0 Å². The third-order valence-electron chi connectivity index (χ3n) is 6.58. The molecule has 6 rings (SSSR count). The summed E-state index contributed by atoms with van der Waals surface area (Å²) in [7, 11) is 6.25. The molecule has 4 aromatic rings. The van der Waals surface area contributed by atoms with E-state index in [-0.39, 0.29) is 0 Å². The summed E-state index contributed by atoms with van der Waals surface area (Å²) in [5.74, 6) is 2.25. The maximum atomic E-state index is 6.15. The zero-order chi connectivity index (χ0) is 23.9. The van der Waals surface area contributed by atoms with Crippen molar-refractivity contribution >= 4 is 56.1 Å². The fraction of sp³-hybridized carbons (Fsp3) is 0.308. The first kappa shape index (κ1) is 21.9. The first-order chi connectivity index (χ1) is 17.0. The molecular formula is C26H29N7OS. The molecule has 4 heterocycles. The van der Waals surface area contributed by atoms with Gasteiger partial charge >= 0.3 is 0 Å². The molecule has 1 saturated heterocycles. The Morgan fingerprint density at radius 1 is 1.06 bits per heavy atom. The lowest BCUT2D eigenvalue weighted by Crippen LogP contribution is -2.56. The second-order valence-electron chi connectivity index (χ2n) is 9.30. The number of para-hydroxylation sites is 2. The van der Waals surface area contributed by atoms with Crippen LogP contribution >= 0.6 is 11.3 Å². The summed E-state index contributed by atoms with van der Waals surface area (Å²) in [6.45, 7) is 3.82. The number of anilines is 6. The Morgan fingerprint density at radius 3 is 2.83 bits per heavy atom. The van der Waals surface area contributed by atoms with Crippen molar-refractivity contribution in [2.75, 3.05) is 67.8 Å². The summed E-state index contributed by atoms with van der Waals surface area (Å²) < 4.78 is 7.18. The second kappa shape index (κ2) is 8.90. The van der Waals surface area contributed by atoms with Gasteiger partial charge in [-0.05, 0) is 42.8 Å². The van der Waals surface area contributed by atoms with E-state index in [0.717, 1.165) is 64.2 Å². The predicted octanol–water partition coefficient (Wildman–Crippen LogP) is 4.76. The van der Waals surface area contributed by atoms with Crippen molar-refractivity contribution in [1.29, 1.82) is 0 Å². The SMILES string of the molecule is CN1CCN2c3ccc(Nc4nc(Nc5ccccc5N(C)C)c5sccc5n4)cc3OC[C@H]2C1. The third kappa shape index (κ3) is 4.21. The zero-order valence-electron chi connectivity index (χ0n) is 20.2.